The van der Waals surface area contributed by atoms with E-state index in [1.54, 1.807) is 24.4 Å². The molecule has 1 atom stereocenters. The lowest BCUT2D eigenvalue weighted by Crippen LogP contribution is -2.52. The minimum absolute atomic E-state index is 0.0734. The van der Waals surface area contributed by atoms with Crippen LogP contribution in [0.3, 0.4) is 0 Å². The van der Waals surface area contributed by atoms with Gasteiger partial charge in [-0.1, -0.05) is 6.07 Å². The van der Waals surface area contributed by atoms with Crippen molar-refractivity contribution in [2.24, 2.45) is 0 Å². The van der Waals surface area contributed by atoms with E-state index in [1.165, 1.54) is 16.8 Å². The van der Waals surface area contributed by atoms with Crippen LogP contribution in [0.5, 0.6) is 0 Å². The number of hydrogen-bond donors (Lipinski definition) is 0. The number of nitrogens with zero attached hydrogens (tertiary/aromatic N) is 4. The average molecular weight is 302 g/mol. The van der Waals surface area contributed by atoms with Gasteiger partial charge in [0.25, 0.3) is 5.91 Å². The van der Waals surface area contributed by atoms with E-state index in [-0.39, 0.29) is 17.8 Å². The summed E-state index contributed by atoms with van der Waals surface area (Å²) in [5.41, 5.74) is 0.992. The summed E-state index contributed by atoms with van der Waals surface area (Å²) in [6.07, 6.45) is 1.68. The second-order valence-corrected chi connectivity index (χ2v) is 5.74. The van der Waals surface area contributed by atoms with Crippen molar-refractivity contribution >= 4 is 5.91 Å². The van der Waals surface area contributed by atoms with Gasteiger partial charge in [-0.2, -0.15) is 5.10 Å². The van der Waals surface area contributed by atoms with E-state index in [2.05, 4.69) is 17.0 Å². The Morgan fingerprint density at radius 1 is 1.32 bits per heavy atom. The number of carbonyl (C=O) groups is 1. The molecule has 0 N–H and O–H groups in total. The summed E-state index contributed by atoms with van der Waals surface area (Å²) in [4.78, 5) is 16.6. The number of piperazine rings is 1. The lowest BCUT2D eigenvalue weighted by molar-refractivity contribution is 0.0527. The molecule has 0 radical (unpaired) electrons. The molecule has 1 aromatic heterocycles. The molecule has 116 valence electrons. The third-order valence-electron chi connectivity index (χ3n) is 3.97. The second kappa shape index (κ2) is 5.88. The highest BCUT2D eigenvalue weighted by Gasteiger charge is 2.27. The van der Waals surface area contributed by atoms with Gasteiger partial charge in [0.15, 0.2) is 5.69 Å². The fourth-order valence-corrected chi connectivity index (χ4v) is 2.79. The summed E-state index contributed by atoms with van der Waals surface area (Å²) in [7, 11) is 2.05. The lowest BCUT2D eigenvalue weighted by atomic mass is 10.2. The number of hydrogen-bond acceptors (Lipinski definition) is 3. The Kier molecular flexibility index (Phi) is 3.94. The molecule has 2 heterocycles. The first kappa shape index (κ1) is 14.7. The van der Waals surface area contributed by atoms with E-state index >= 15 is 0 Å². The molecule has 1 fully saturated rings. The molecule has 0 bridgehead atoms. The number of carbonyl (C=O) groups excluding carboxylic acids is 1. The van der Waals surface area contributed by atoms with Gasteiger partial charge >= 0.3 is 0 Å². The number of aromatic nitrogens is 2. The molecule has 0 spiro atoms. The minimum Gasteiger partial charge on any atom is -0.332 e. The van der Waals surface area contributed by atoms with Crippen molar-refractivity contribution in [3.63, 3.8) is 0 Å². The highest BCUT2D eigenvalue weighted by molar-refractivity contribution is 5.92. The second-order valence-electron chi connectivity index (χ2n) is 5.74. The Hall–Kier alpha value is -2.21. The monoisotopic (exact) mass is 302 g/mol. The van der Waals surface area contributed by atoms with Gasteiger partial charge in [-0.05, 0) is 38.2 Å². The molecule has 1 aliphatic rings. The molecule has 3 rings (SSSR count). The van der Waals surface area contributed by atoms with Crippen LogP contribution in [0.15, 0.2) is 36.5 Å². The summed E-state index contributed by atoms with van der Waals surface area (Å²) in [6, 6.07) is 7.98. The third-order valence-corrected chi connectivity index (χ3v) is 3.97. The molecule has 0 unspecified atom stereocenters. The third kappa shape index (κ3) is 2.87. The largest absolute Gasteiger partial charge is 0.332 e. The summed E-state index contributed by atoms with van der Waals surface area (Å²) in [6.45, 7) is 4.46. The van der Waals surface area contributed by atoms with Crippen molar-refractivity contribution in [1.82, 2.24) is 19.6 Å². The van der Waals surface area contributed by atoms with Crippen molar-refractivity contribution < 1.29 is 9.18 Å². The van der Waals surface area contributed by atoms with Crippen molar-refractivity contribution in [3.8, 4) is 5.69 Å². The zero-order chi connectivity index (χ0) is 15.7. The Balaban J connectivity index is 1.80. The number of rotatable bonds is 2. The van der Waals surface area contributed by atoms with Crippen molar-refractivity contribution in [2.45, 2.75) is 13.0 Å². The number of likely N-dealkylation sites (N-methyl/N-ethyl adjacent to an activating group) is 1. The van der Waals surface area contributed by atoms with E-state index in [9.17, 15) is 9.18 Å². The van der Waals surface area contributed by atoms with Gasteiger partial charge in [0.2, 0.25) is 0 Å². The van der Waals surface area contributed by atoms with Crippen LogP contribution in [0, 0.1) is 5.82 Å². The lowest BCUT2D eigenvalue weighted by Gasteiger charge is -2.37. The zero-order valence-corrected chi connectivity index (χ0v) is 12.7. The van der Waals surface area contributed by atoms with E-state index in [0.717, 1.165) is 13.1 Å². The van der Waals surface area contributed by atoms with Gasteiger partial charge in [0.1, 0.15) is 5.82 Å². The Bertz CT molecular complexity index is 684. The summed E-state index contributed by atoms with van der Waals surface area (Å²) >= 11 is 0. The van der Waals surface area contributed by atoms with Crippen LogP contribution in [-0.4, -0.2) is 58.2 Å². The maximum atomic E-state index is 13.3. The Labute approximate surface area is 128 Å². The molecule has 0 saturated carbocycles. The van der Waals surface area contributed by atoms with E-state index in [0.29, 0.717) is 17.9 Å². The van der Waals surface area contributed by atoms with Gasteiger partial charge in [-0.25, -0.2) is 9.07 Å². The van der Waals surface area contributed by atoms with E-state index in [4.69, 9.17) is 0 Å². The van der Waals surface area contributed by atoms with Crippen LogP contribution in [0.25, 0.3) is 5.69 Å². The maximum absolute atomic E-state index is 13.3. The van der Waals surface area contributed by atoms with Crippen LogP contribution in [0.2, 0.25) is 0 Å². The van der Waals surface area contributed by atoms with Crippen LogP contribution < -0.4 is 0 Å². The molecule has 6 heteroatoms. The summed E-state index contributed by atoms with van der Waals surface area (Å²) in [5.74, 6) is -0.399. The SMILES string of the molecule is C[C@@H]1CN(C)CCN1C(=O)c1ccn(-c2cccc(F)c2)n1. The van der Waals surface area contributed by atoms with Gasteiger partial charge in [0.05, 0.1) is 5.69 Å². The molecule has 5 nitrogen and oxygen atoms in total. The predicted molar refractivity (Wildman–Crippen MR) is 81.5 cm³/mol. The molecular formula is C16H19FN4O. The minimum atomic E-state index is -0.325. The van der Waals surface area contributed by atoms with Crippen LogP contribution in [0.1, 0.15) is 17.4 Å². The first-order valence-corrected chi connectivity index (χ1v) is 7.36. The Morgan fingerprint density at radius 3 is 2.86 bits per heavy atom. The summed E-state index contributed by atoms with van der Waals surface area (Å²) < 4.78 is 14.8. The van der Waals surface area contributed by atoms with E-state index < -0.39 is 0 Å². The van der Waals surface area contributed by atoms with E-state index in [1.807, 2.05) is 11.8 Å². The molecule has 22 heavy (non-hydrogen) atoms. The highest BCUT2D eigenvalue weighted by Crippen LogP contribution is 2.14. The van der Waals surface area contributed by atoms with Gasteiger partial charge in [-0.3, -0.25) is 4.79 Å². The first-order chi connectivity index (χ1) is 10.5. The standard InChI is InChI=1S/C16H19FN4O/c1-12-11-19(2)8-9-20(12)16(22)15-6-7-21(18-15)14-5-3-4-13(17)10-14/h3-7,10,12H,8-9,11H2,1-2H3/t12-/m1/s1. The smallest absolute Gasteiger partial charge is 0.274 e. The highest BCUT2D eigenvalue weighted by atomic mass is 19.1. The van der Waals surface area contributed by atoms with Gasteiger partial charge in [-0.15, -0.1) is 0 Å². The number of amides is 1. The fourth-order valence-electron chi connectivity index (χ4n) is 2.79. The quantitative estimate of drug-likeness (QED) is 0.849. The van der Waals surface area contributed by atoms with Crippen LogP contribution in [0.4, 0.5) is 4.39 Å². The molecule has 1 aromatic carbocycles. The predicted octanol–water partition coefficient (Wildman–Crippen LogP) is 1.79. The molecule has 2 aromatic rings. The van der Waals surface area contributed by atoms with Crippen LogP contribution in [-0.2, 0) is 0 Å². The number of benzene rings is 1. The summed E-state index contributed by atoms with van der Waals surface area (Å²) in [5, 5.41) is 4.30. The normalized spacial score (nSPS) is 19.4. The van der Waals surface area contributed by atoms with Gasteiger partial charge in [0, 0.05) is 31.9 Å². The van der Waals surface area contributed by atoms with Crippen molar-refractivity contribution in [2.75, 3.05) is 26.7 Å². The molecule has 0 aliphatic carbocycles. The Morgan fingerprint density at radius 2 is 2.14 bits per heavy atom. The fraction of sp³-hybridized carbons (Fsp3) is 0.375. The zero-order valence-electron chi connectivity index (χ0n) is 12.7. The molecule has 1 aliphatic heterocycles. The average Bonchev–Trinajstić information content (AvgIpc) is 2.96. The number of halogens is 1. The van der Waals surface area contributed by atoms with Crippen molar-refractivity contribution in [3.05, 3.63) is 48.0 Å². The molecule has 1 amide bonds. The van der Waals surface area contributed by atoms with Gasteiger partial charge < -0.3 is 9.80 Å². The topological polar surface area (TPSA) is 41.4 Å². The van der Waals surface area contributed by atoms with Crippen molar-refractivity contribution in [1.29, 1.82) is 0 Å². The van der Waals surface area contributed by atoms with Crippen LogP contribution >= 0.6 is 0 Å². The first-order valence-electron chi connectivity index (χ1n) is 7.36. The maximum Gasteiger partial charge on any atom is 0.274 e. The molecular weight excluding hydrogens is 283 g/mol. The molecule has 1 saturated heterocycles.